The van der Waals surface area contributed by atoms with Gasteiger partial charge in [0.05, 0.1) is 24.0 Å². The minimum absolute atomic E-state index is 0.0490. The lowest BCUT2D eigenvalue weighted by Gasteiger charge is -2.31. The van der Waals surface area contributed by atoms with Crippen LogP contribution in [0, 0.1) is 5.92 Å². The second kappa shape index (κ2) is 11.8. The van der Waals surface area contributed by atoms with E-state index in [2.05, 4.69) is 20.4 Å². The van der Waals surface area contributed by atoms with Gasteiger partial charge >= 0.3 is 0 Å². The van der Waals surface area contributed by atoms with Crippen molar-refractivity contribution in [1.82, 2.24) is 24.6 Å². The maximum absolute atomic E-state index is 12.9. The van der Waals surface area contributed by atoms with E-state index >= 15 is 0 Å². The molecule has 37 heavy (non-hydrogen) atoms. The Morgan fingerprint density at radius 3 is 2.62 bits per heavy atom. The average Bonchev–Trinajstić information content (AvgIpc) is 3.44. The van der Waals surface area contributed by atoms with E-state index in [1.54, 1.807) is 13.3 Å². The number of nitrogens with zero attached hydrogens (tertiary/aromatic N) is 5. The average molecular weight is 506 g/mol. The molecule has 2 fully saturated rings. The summed E-state index contributed by atoms with van der Waals surface area (Å²) in [6.45, 7) is 3.52. The number of piperidine rings is 1. The molecule has 4 heterocycles. The van der Waals surface area contributed by atoms with Crippen LogP contribution < -0.4 is 11.1 Å². The molecule has 0 radical (unpaired) electrons. The zero-order valence-corrected chi connectivity index (χ0v) is 21.3. The third-order valence-electron chi connectivity index (χ3n) is 7.39. The van der Waals surface area contributed by atoms with E-state index in [0.717, 1.165) is 68.9 Å². The lowest BCUT2D eigenvalue weighted by atomic mass is 9.92. The molecule has 1 unspecified atom stereocenters. The molecule has 3 aromatic rings. The van der Waals surface area contributed by atoms with Crippen molar-refractivity contribution in [2.45, 2.75) is 37.8 Å². The minimum Gasteiger partial charge on any atom is -0.381 e. The maximum Gasteiger partial charge on any atom is 0.253 e. The molecule has 1 amide bonds. The molecule has 10 heteroatoms. The SMILES string of the molecule is COC1CCN(C(=O)c2ccc(Nc3nccc(-c4cnn(C(CN)C5CCOCC5)c4)n3)cc2)CC1. The van der Waals surface area contributed by atoms with E-state index < -0.39 is 0 Å². The van der Waals surface area contributed by atoms with Crippen molar-refractivity contribution in [1.29, 1.82) is 0 Å². The quantitative estimate of drug-likeness (QED) is 0.479. The highest BCUT2D eigenvalue weighted by Crippen LogP contribution is 2.28. The van der Waals surface area contributed by atoms with Crippen molar-refractivity contribution in [3.8, 4) is 11.3 Å². The number of likely N-dealkylation sites (tertiary alicyclic amines) is 1. The molecule has 0 bridgehead atoms. The molecular weight excluding hydrogens is 470 g/mol. The number of hydrogen-bond acceptors (Lipinski definition) is 8. The first kappa shape index (κ1) is 25.3. The number of anilines is 2. The Kier molecular flexibility index (Phi) is 8.08. The normalized spacial score (nSPS) is 18.1. The number of amides is 1. The van der Waals surface area contributed by atoms with Crippen molar-refractivity contribution >= 4 is 17.5 Å². The number of benzene rings is 1. The summed E-state index contributed by atoms with van der Waals surface area (Å²) in [5.74, 6) is 0.986. The Bertz CT molecular complexity index is 1170. The van der Waals surface area contributed by atoms with E-state index in [1.165, 1.54) is 0 Å². The summed E-state index contributed by atoms with van der Waals surface area (Å²) in [5.41, 5.74) is 9.28. The van der Waals surface area contributed by atoms with Gasteiger partial charge in [0.1, 0.15) is 0 Å². The van der Waals surface area contributed by atoms with Gasteiger partial charge in [0.25, 0.3) is 5.91 Å². The number of aromatic nitrogens is 4. The number of methoxy groups -OCH3 is 1. The van der Waals surface area contributed by atoms with Crippen molar-refractivity contribution in [2.24, 2.45) is 11.7 Å². The third kappa shape index (κ3) is 5.98. The van der Waals surface area contributed by atoms with E-state index in [9.17, 15) is 4.79 Å². The van der Waals surface area contributed by atoms with Gasteiger partial charge in [0, 0.05) is 69.2 Å². The Balaban J connectivity index is 1.23. The molecule has 0 saturated carbocycles. The molecule has 196 valence electrons. The number of rotatable bonds is 8. The summed E-state index contributed by atoms with van der Waals surface area (Å²) in [5, 5.41) is 7.84. The Morgan fingerprint density at radius 2 is 1.92 bits per heavy atom. The second-order valence-electron chi connectivity index (χ2n) is 9.66. The van der Waals surface area contributed by atoms with Gasteiger partial charge in [-0.05, 0) is 61.9 Å². The van der Waals surface area contributed by atoms with Crippen LogP contribution in [0.15, 0.2) is 48.9 Å². The number of nitrogens with one attached hydrogen (secondary N) is 1. The van der Waals surface area contributed by atoms with Crippen LogP contribution in [0.25, 0.3) is 11.3 Å². The fraction of sp³-hybridized carbons (Fsp3) is 0.481. The largest absolute Gasteiger partial charge is 0.381 e. The van der Waals surface area contributed by atoms with Crippen molar-refractivity contribution in [2.75, 3.05) is 45.3 Å². The van der Waals surface area contributed by atoms with Gasteiger partial charge < -0.3 is 25.4 Å². The van der Waals surface area contributed by atoms with Gasteiger partial charge in [-0.2, -0.15) is 5.10 Å². The summed E-state index contributed by atoms with van der Waals surface area (Å²) in [4.78, 5) is 23.8. The first-order valence-electron chi connectivity index (χ1n) is 13.0. The fourth-order valence-corrected chi connectivity index (χ4v) is 5.15. The smallest absolute Gasteiger partial charge is 0.253 e. The van der Waals surface area contributed by atoms with Crippen LogP contribution in [0.4, 0.5) is 11.6 Å². The Labute approximate surface area is 217 Å². The van der Waals surface area contributed by atoms with E-state index in [-0.39, 0.29) is 18.1 Å². The van der Waals surface area contributed by atoms with Gasteiger partial charge in [0.15, 0.2) is 0 Å². The van der Waals surface area contributed by atoms with Gasteiger partial charge in [-0.15, -0.1) is 0 Å². The number of nitrogens with two attached hydrogens (primary N) is 1. The predicted molar refractivity (Wildman–Crippen MR) is 141 cm³/mol. The van der Waals surface area contributed by atoms with Crippen molar-refractivity contribution in [3.05, 3.63) is 54.5 Å². The van der Waals surface area contributed by atoms with Crippen LogP contribution in [0.3, 0.4) is 0 Å². The van der Waals surface area contributed by atoms with Gasteiger partial charge in [-0.25, -0.2) is 9.97 Å². The zero-order chi connectivity index (χ0) is 25.6. The standard InChI is InChI=1S/C27H35N7O3/c1-36-23-7-12-33(13-8-23)26(35)20-2-4-22(5-3-20)31-27-29-11-6-24(32-27)21-17-30-34(18-21)25(16-28)19-9-14-37-15-10-19/h2-6,11,17-19,23,25H,7-10,12-16,28H2,1H3,(H,29,31,32). The Hall–Kier alpha value is -3.34. The molecule has 0 aliphatic carbocycles. The number of carbonyl (C=O) groups excluding carboxylic acids is 1. The second-order valence-corrected chi connectivity index (χ2v) is 9.66. The van der Waals surface area contributed by atoms with E-state index in [1.807, 2.05) is 52.3 Å². The van der Waals surface area contributed by atoms with Gasteiger partial charge in [-0.3, -0.25) is 9.48 Å². The number of carbonyl (C=O) groups is 1. The first-order valence-corrected chi connectivity index (χ1v) is 13.0. The van der Waals surface area contributed by atoms with Crippen LogP contribution in [0.5, 0.6) is 0 Å². The van der Waals surface area contributed by atoms with Crippen LogP contribution in [0.1, 0.15) is 42.1 Å². The van der Waals surface area contributed by atoms with Crippen molar-refractivity contribution < 1.29 is 14.3 Å². The topological polar surface area (TPSA) is 120 Å². The van der Waals surface area contributed by atoms with E-state index in [0.29, 0.717) is 24.0 Å². The fourth-order valence-electron chi connectivity index (χ4n) is 5.15. The molecule has 1 atom stereocenters. The maximum atomic E-state index is 12.9. The highest BCUT2D eigenvalue weighted by atomic mass is 16.5. The molecule has 2 saturated heterocycles. The summed E-state index contributed by atoms with van der Waals surface area (Å²) < 4.78 is 12.9. The van der Waals surface area contributed by atoms with Crippen LogP contribution in [-0.2, 0) is 9.47 Å². The zero-order valence-electron chi connectivity index (χ0n) is 21.3. The molecule has 2 aliphatic heterocycles. The molecule has 1 aromatic carbocycles. The van der Waals surface area contributed by atoms with Gasteiger partial charge in [0.2, 0.25) is 5.95 Å². The summed E-state index contributed by atoms with van der Waals surface area (Å²) >= 11 is 0. The molecule has 10 nitrogen and oxygen atoms in total. The minimum atomic E-state index is 0.0490. The van der Waals surface area contributed by atoms with Gasteiger partial charge in [-0.1, -0.05) is 0 Å². The molecule has 0 spiro atoms. The highest BCUT2D eigenvalue weighted by Gasteiger charge is 2.26. The first-order chi connectivity index (χ1) is 18.1. The Morgan fingerprint density at radius 1 is 1.16 bits per heavy atom. The van der Waals surface area contributed by atoms with E-state index in [4.69, 9.17) is 15.2 Å². The molecule has 2 aromatic heterocycles. The summed E-state index contributed by atoms with van der Waals surface area (Å²) in [6, 6.07) is 9.44. The van der Waals surface area contributed by atoms with Crippen LogP contribution in [0.2, 0.25) is 0 Å². The summed E-state index contributed by atoms with van der Waals surface area (Å²) in [6.07, 6.45) is 9.54. The molecule has 2 aliphatic rings. The number of ether oxygens (including phenoxy) is 2. The van der Waals surface area contributed by atoms with Crippen LogP contribution >= 0.6 is 0 Å². The molecule has 3 N–H and O–H groups in total. The van der Waals surface area contributed by atoms with Crippen molar-refractivity contribution in [3.63, 3.8) is 0 Å². The molecular formula is C27H35N7O3. The summed E-state index contributed by atoms with van der Waals surface area (Å²) in [7, 11) is 1.73. The lowest BCUT2D eigenvalue weighted by molar-refractivity contribution is 0.0351. The van der Waals surface area contributed by atoms with Crippen LogP contribution in [-0.4, -0.2) is 76.6 Å². The third-order valence-corrected chi connectivity index (χ3v) is 7.39. The number of hydrogen-bond donors (Lipinski definition) is 2. The highest BCUT2D eigenvalue weighted by molar-refractivity contribution is 5.94. The lowest BCUT2D eigenvalue weighted by Crippen LogP contribution is -2.40. The monoisotopic (exact) mass is 505 g/mol. The molecule has 5 rings (SSSR count). The predicted octanol–water partition coefficient (Wildman–Crippen LogP) is 3.26.